The van der Waals surface area contributed by atoms with Gasteiger partial charge in [0.05, 0.1) is 21.8 Å². The second-order valence-corrected chi connectivity index (χ2v) is 10.1. The Hall–Kier alpha value is -3.48. The molecule has 1 aromatic heterocycles. The number of amides is 1. The number of aliphatic hydroxyl groups is 1. The highest BCUT2D eigenvalue weighted by atomic mass is 35.5. The van der Waals surface area contributed by atoms with Crippen molar-refractivity contribution in [1.29, 1.82) is 0 Å². The number of fused-ring (bicyclic) bond motifs is 1. The van der Waals surface area contributed by atoms with E-state index in [9.17, 15) is 14.7 Å². The van der Waals surface area contributed by atoms with Crippen LogP contribution in [-0.4, -0.2) is 21.8 Å². The van der Waals surface area contributed by atoms with Crippen molar-refractivity contribution in [3.05, 3.63) is 99.1 Å². The third-order valence-corrected chi connectivity index (χ3v) is 7.59. The van der Waals surface area contributed by atoms with Crippen LogP contribution in [0.25, 0.3) is 16.0 Å². The number of ketones is 1. The second kappa shape index (κ2) is 8.95. The molecule has 1 aliphatic heterocycles. The maximum Gasteiger partial charge on any atom is 0.301 e. The summed E-state index contributed by atoms with van der Waals surface area (Å²) in [6.07, 6.45) is 0.863. The van der Waals surface area contributed by atoms with E-state index in [1.54, 1.807) is 18.2 Å². The number of hydrogen-bond donors (Lipinski definition) is 1. The zero-order valence-electron chi connectivity index (χ0n) is 19.5. The Bertz CT molecular complexity index is 1520. The molecule has 0 aliphatic carbocycles. The summed E-state index contributed by atoms with van der Waals surface area (Å²) < 4.78 is 0.809. The van der Waals surface area contributed by atoms with Gasteiger partial charge >= 0.3 is 5.91 Å². The Kier molecular flexibility index (Phi) is 5.95. The van der Waals surface area contributed by atoms with Crippen LogP contribution in [0.5, 0.6) is 0 Å². The smallest absolute Gasteiger partial charge is 0.301 e. The minimum Gasteiger partial charge on any atom is -0.507 e. The van der Waals surface area contributed by atoms with Gasteiger partial charge in [0, 0.05) is 10.6 Å². The standard InChI is InChI=1S/C28H23ClN2O3S/c1-4-17-7-9-18(10-8-17)24-23(25(32)20-13-15(2)5-6-16(20)3)26(33)27(34)31(24)28-30-21-12-11-19(29)14-22(21)35-28/h5-14,24,32H,4H2,1-3H3/b25-23+. The second-order valence-electron chi connectivity index (χ2n) is 8.69. The van der Waals surface area contributed by atoms with Gasteiger partial charge in [-0.3, -0.25) is 14.5 Å². The van der Waals surface area contributed by atoms with Gasteiger partial charge in [-0.25, -0.2) is 4.98 Å². The van der Waals surface area contributed by atoms with Crippen LogP contribution in [0, 0.1) is 13.8 Å². The lowest BCUT2D eigenvalue weighted by atomic mass is 9.93. The van der Waals surface area contributed by atoms with Crippen molar-refractivity contribution < 1.29 is 14.7 Å². The lowest BCUT2D eigenvalue weighted by Gasteiger charge is -2.23. The molecule has 2 heterocycles. The van der Waals surface area contributed by atoms with Gasteiger partial charge in [-0.05, 0) is 61.2 Å². The summed E-state index contributed by atoms with van der Waals surface area (Å²) in [4.78, 5) is 32.9. The Labute approximate surface area is 212 Å². The average molecular weight is 503 g/mol. The monoisotopic (exact) mass is 502 g/mol. The minimum absolute atomic E-state index is 0.0604. The zero-order chi connectivity index (χ0) is 24.9. The van der Waals surface area contributed by atoms with E-state index in [0.717, 1.165) is 33.4 Å². The number of carbonyl (C=O) groups is 2. The van der Waals surface area contributed by atoms with Crippen molar-refractivity contribution in [2.24, 2.45) is 0 Å². The van der Waals surface area contributed by atoms with Crippen molar-refractivity contribution >= 4 is 55.7 Å². The molecule has 1 amide bonds. The largest absolute Gasteiger partial charge is 0.507 e. The minimum atomic E-state index is -0.808. The van der Waals surface area contributed by atoms with Crippen LogP contribution in [0.4, 0.5) is 5.13 Å². The predicted molar refractivity (Wildman–Crippen MR) is 141 cm³/mol. The molecular formula is C28H23ClN2O3S. The lowest BCUT2D eigenvalue weighted by molar-refractivity contribution is -0.132. The molecule has 5 nitrogen and oxygen atoms in total. The fourth-order valence-electron chi connectivity index (χ4n) is 4.41. The highest BCUT2D eigenvalue weighted by molar-refractivity contribution is 7.22. The summed E-state index contributed by atoms with van der Waals surface area (Å²) in [5, 5.41) is 12.4. The van der Waals surface area contributed by atoms with Crippen molar-refractivity contribution in [1.82, 2.24) is 4.98 Å². The average Bonchev–Trinajstić information content (AvgIpc) is 3.38. The molecule has 0 saturated carbocycles. The molecule has 7 heteroatoms. The van der Waals surface area contributed by atoms with Crippen LogP contribution < -0.4 is 4.90 Å². The van der Waals surface area contributed by atoms with E-state index < -0.39 is 17.7 Å². The Morgan fingerprint density at radius 1 is 1.06 bits per heavy atom. The summed E-state index contributed by atoms with van der Waals surface area (Å²) >= 11 is 7.45. The van der Waals surface area contributed by atoms with Crippen LogP contribution in [0.1, 0.15) is 40.8 Å². The first kappa shape index (κ1) is 23.3. The van der Waals surface area contributed by atoms with E-state index in [1.165, 1.54) is 16.2 Å². The Morgan fingerprint density at radius 2 is 1.80 bits per heavy atom. The van der Waals surface area contributed by atoms with Crippen LogP contribution in [-0.2, 0) is 16.0 Å². The van der Waals surface area contributed by atoms with E-state index >= 15 is 0 Å². The number of rotatable bonds is 4. The summed E-state index contributed by atoms with van der Waals surface area (Å²) in [6.45, 7) is 5.85. The predicted octanol–water partition coefficient (Wildman–Crippen LogP) is 6.76. The summed E-state index contributed by atoms with van der Waals surface area (Å²) in [6, 6.07) is 17.9. The van der Waals surface area contributed by atoms with E-state index in [4.69, 9.17) is 11.6 Å². The Balaban J connectivity index is 1.75. The molecule has 0 spiro atoms. The van der Waals surface area contributed by atoms with Crippen LogP contribution in [0.2, 0.25) is 5.02 Å². The van der Waals surface area contributed by atoms with Crippen LogP contribution >= 0.6 is 22.9 Å². The van der Waals surface area contributed by atoms with Crippen molar-refractivity contribution in [3.8, 4) is 0 Å². The molecule has 0 radical (unpaired) electrons. The van der Waals surface area contributed by atoms with Crippen molar-refractivity contribution in [2.75, 3.05) is 4.90 Å². The molecule has 0 bridgehead atoms. The third kappa shape index (κ3) is 4.03. The number of halogens is 1. The zero-order valence-corrected chi connectivity index (χ0v) is 21.1. The first-order valence-corrected chi connectivity index (χ1v) is 12.5. The van der Waals surface area contributed by atoms with E-state index in [-0.39, 0.29) is 11.3 Å². The fraction of sp³-hybridized carbons (Fsp3) is 0.179. The number of aliphatic hydroxyl groups excluding tert-OH is 1. The summed E-state index contributed by atoms with van der Waals surface area (Å²) in [5.41, 5.74) is 4.90. The molecule has 35 heavy (non-hydrogen) atoms. The van der Waals surface area contributed by atoms with Crippen molar-refractivity contribution in [3.63, 3.8) is 0 Å². The number of Topliss-reactive ketones (excluding diaryl/α,β-unsaturated/α-hetero) is 1. The maximum absolute atomic E-state index is 13.4. The third-order valence-electron chi connectivity index (χ3n) is 6.34. The highest BCUT2D eigenvalue weighted by Crippen LogP contribution is 2.44. The summed E-state index contributed by atoms with van der Waals surface area (Å²) in [5.74, 6) is -1.63. The topological polar surface area (TPSA) is 70.5 Å². The van der Waals surface area contributed by atoms with E-state index in [2.05, 4.69) is 11.9 Å². The van der Waals surface area contributed by atoms with Gasteiger partial charge in [-0.1, -0.05) is 71.8 Å². The van der Waals surface area contributed by atoms with Gasteiger partial charge in [0.2, 0.25) is 0 Å². The molecule has 176 valence electrons. The SMILES string of the molecule is CCc1ccc(C2/C(=C(\O)c3cc(C)ccc3C)C(=O)C(=O)N2c2nc3ccc(Cl)cc3s2)cc1. The number of benzene rings is 3. The first-order valence-electron chi connectivity index (χ1n) is 11.3. The van der Waals surface area contributed by atoms with Crippen LogP contribution in [0.3, 0.4) is 0 Å². The number of carbonyl (C=O) groups excluding carboxylic acids is 2. The number of aromatic nitrogens is 1. The molecule has 1 N–H and O–H groups in total. The number of nitrogens with zero attached hydrogens (tertiary/aromatic N) is 2. The molecule has 4 aromatic rings. The normalized spacial score (nSPS) is 17.5. The fourth-order valence-corrected chi connectivity index (χ4v) is 5.67. The number of hydrogen-bond acceptors (Lipinski definition) is 5. The van der Waals surface area contributed by atoms with Crippen molar-refractivity contribution in [2.45, 2.75) is 33.2 Å². The van der Waals surface area contributed by atoms with Crippen LogP contribution in [0.15, 0.2) is 66.2 Å². The van der Waals surface area contributed by atoms with E-state index in [1.807, 2.05) is 56.3 Å². The first-order chi connectivity index (χ1) is 16.8. The maximum atomic E-state index is 13.4. The number of thiazole rings is 1. The van der Waals surface area contributed by atoms with Gasteiger partial charge in [0.25, 0.3) is 5.78 Å². The lowest BCUT2D eigenvalue weighted by Crippen LogP contribution is -2.29. The summed E-state index contributed by atoms with van der Waals surface area (Å²) in [7, 11) is 0. The molecular weight excluding hydrogens is 480 g/mol. The van der Waals surface area contributed by atoms with Gasteiger partial charge < -0.3 is 5.11 Å². The Morgan fingerprint density at radius 3 is 2.51 bits per heavy atom. The molecule has 1 saturated heterocycles. The van der Waals surface area contributed by atoms with Gasteiger partial charge in [0.1, 0.15) is 5.76 Å². The molecule has 1 unspecified atom stereocenters. The number of anilines is 1. The molecule has 5 rings (SSSR count). The highest BCUT2D eigenvalue weighted by Gasteiger charge is 2.48. The van der Waals surface area contributed by atoms with Gasteiger partial charge in [-0.15, -0.1) is 0 Å². The van der Waals surface area contributed by atoms with E-state index in [0.29, 0.717) is 21.2 Å². The molecule has 1 aliphatic rings. The molecule has 1 fully saturated rings. The number of aryl methyl sites for hydroxylation is 3. The van der Waals surface area contributed by atoms with Gasteiger partial charge in [-0.2, -0.15) is 0 Å². The molecule has 3 aromatic carbocycles. The quantitative estimate of drug-likeness (QED) is 0.190. The van der Waals surface area contributed by atoms with Gasteiger partial charge in [0.15, 0.2) is 5.13 Å². The molecule has 1 atom stereocenters.